The maximum atomic E-state index is 9.01. The SMILES string of the molecule is CN(C)c1ccnc(C#N)c1SC1CC1. The summed E-state index contributed by atoms with van der Waals surface area (Å²) >= 11 is 1.79. The van der Waals surface area contributed by atoms with Gasteiger partial charge in [-0.2, -0.15) is 5.26 Å². The van der Waals surface area contributed by atoms with E-state index in [0.717, 1.165) is 10.6 Å². The molecule has 1 saturated carbocycles. The predicted molar refractivity (Wildman–Crippen MR) is 62.2 cm³/mol. The van der Waals surface area contributed by atoms with Gasteiger partial charge in [0.05, 0.1) is 10.6 Å². The quantitative estimate of drug-likeness (QED) is 0.782. The zero-order chi connectivity index (χ0) is 10.8. The van der Waals surface area contributed by atoms with Crippen LogP contribution in [0.3, 0.4) is 0 Å². The number of nitrogens with zero attached hydrogens (tertiary/aromatic N) is 3. The third kappa shape index (κ3) is 2.24. The van der Waals surface area contributed by atoms with Crippen LogP contribution in [-0.4, -0.2) is 24.3 Å². The lowest BCUT2D eigenvalue weighted by atomic mass is 10.3. The molecule has 0 bridgehead atoms. The summed E-state index contributed by atoms with van der Waals surface area (Å²) in [4.78, 5) is 7.18. The van der Waals surface area contributed by atoms with E-state index < -0.39 is 0 Å². The van der Waals surface area contributed by atoms with E-state index in [9.17, 15) is 0 Å². The van der Waals surface area contributed by atoms with Crippen LogP contribution in [0.15, 0.2) is 17.2 Å². The van der Waals surface area contributed by atoms with Gasteiger partial charge in [-0.15, -0.1) is 11.8 Å². The first kappa shape index (κ1) is 10.3. The Kier molecular flexibility index (Phi) is 2.83. The van der Waals surface area contributed by atoms with Crippen molar-refractivity contribution >= 4 is 17.4 Å². The molecule has 0 radical (unpaired) electrons. The highest BCUT2D eigenvalue weighted by Crippen LogP contribution is 2.43. The van der Waals surface area contributed by atoms with Crippen LogP contribution in [0.4, 0.5) is 5.69 Å². The number of thioether (sulfide) groups is 1. The van der Waals surface area contributed by atoms with Gasteiger partial charge in [-0.25, -0.2) is 4.98 Å². The van der Waals surface area contributed by atoms with Gasteiger partial charge >= 0.3 is 0 Å². The Balaban J connectivity index is 2.39. The minimum atomic E-state index is 0.554. The average Bonchev–Trinajstić information content (AvgIpc) is 3.01. The van der Waals surface area contributed by atoms with Crippen molar-refractivity contribution in [2.45, 2.75) is 23.0 Å². The van der Waals surface area contributed by atoms with Crippen molar-refractivity contribution in [1.29, 1.82) is 5.26 Å². The van der Waals surface area contributed by atoms with Crippen LogP contribution in [0.1, 0.15) is 18.5 Å². The lowest BCUT2D eigenvalue weighted by Gasteiger charge is -2.17. The minimum absolute atomic E-state index is 0.554. The molecule has 0 N–H and O–H groups in total. The molecule has 0 atom stereocenters. The van der Waals surface area contributed by atoms with E-state index in [1.54, 1.807) is 18.0 Å². The van der Waals surface area contributed by atoms with E-state index >= 15 is 0 Å². The smallest absolute Gasteiger partial charge is 0.156 e. The first-order valence-corrected chi connectivity index (χ1v) is 5.83. The molecule has 1 aromatic heterocycles. The predicted octanol–water partition coefficient (Wildman–Crippen LogP) is 2.27. The molecular weight excluding hydrogens is 206 g/mol. The monoisotopic (exact) mass is 219 g/mol. The van der Waals surface area contributed by atoms with Gasteiger partial charge in [0.25, 0.3) is 0 Å². The molecule has 1 heterocycles. The lowest BCUT2D eigenvalue weighted by Crippen LogP contribution is -2.11. The summed E-state index contributed by atoms with van der Waals surface area (Å²) in [6.45, 7) is 0. The van der Waals surface area contributed by atoms with Gasteiger partial charge in [-0.05, 0) is 18.9 Å². The largest absolute Gasteiger partial charge is 0.377 e. The van der Waals surface area contributed by atoms with Crippen molar-refractivity contribution in [3.8, 4) is 6.07 Å². The van der Waals surface area contributed by atoms with Crippen LogP contribution >= 0.6 is 11.8 Å². The molecule has 3 nitrogen and oxygen atoms in total. The third-order valence-electron chi connectivity index (χ3n) is 2.28. The fraction of sp³-hybridized carbons (Fsp3) is 0.455. The lowest BCUT2D eigenvalue weighted by molar-refractivity contribution is 1.06. The summed E-state index contributed by atoms with van der Waals surface area (Å²) < 4.78 is 0. The molecule has 78 valence electrons. The highest BCUT2D eigenvalue weighted by Gasteiger charge is 2.26. The maximum absolute atomic E-state index is 9.01. The molecule has 1 aromatic rings. The molecule has 1 fully saturated rings. The zero-order valence-corrected chi connectivity index (χ0v) is 9.71. The fourth-order valence-corrected chi connectivity index (χ4v) is 2.63. The molecule has 1 aliphatic rings. The van der Waals surface area contributed by atoms with E-state index in [4.69, 9.17) is 5.26 Å². The first-order valence-electron chi connectivity index (χ1n) is 4.95. The second kappa shape index (κ2) is 4.11. The molecule has 0 aliphatic heterocycles. The normalized spacial score (nSPS) is 14.7. The van der Waals surface area contributed by atoms with E-state index in [1.807, 2.05) is 25.1 Å². The van der Waals surface area contributed by atoms with Crippen molar-refractivity contribution in [2.75, 3.05) is 19.0 Å². The van der Waals surface area contributed by atoms with Crippen LogP contribution in [0.5, 0.6) is 0 Å². The highest BCUT2D eigenvalue weighted by molar-refractivity contribution is 8.00. The topological polar surface area (TPSA) is 39.9 Å². The van der Waals surface area contributed by atoms with Crippen LogP contribution in [0.2, 0.25) is 0 Å². The van der Waals surface area contributed by atoms with Crippen LogP contribution in [0.25, 0.3) is 0 Å². The average molecular weight is 219 g/mol. The van der Waals surface area contributed by atoms with E-state index in [0.29, 0.717) is 10.9 Å². The van der Waals surface area contributed by atoms with Crippen LogP contribution < -0.4 is 4.90 Å². The summed E-state index contributed by atoms with van der Waals surface area (Å²) in [5.74, 6) is 0. The summed E-state index contributed by atoms with van der Waals surface area (Å²) in [6, 6.07) is 4.13. The molecule has 1 aliphatic carbocycles. The fourth-order valence-electron chi connectivity index (χ4n) is 1.34. The molecule has 15 heavy (non-hydrogen) atoms. The van der Waals surface area contributed by atoms with Crippen molar-refractivity contribution in [3.63, 3.8) is 0 Å². The summed E-state index contributed by atoms with van der Waals surface area (Å²) in [6.07, 6.45) is 4.22. The number of pyridine rings is 1. The zero-order valence-electron chi connectivity index (χ0n) is 8.90. The molecule has 0 saturated heterocycles. The third-order valence-corrected chi connectivity index (χ3v) is 3.72. The maximum Gasteiger partial charge on any atom is 0.156 e. The second-order valence-corrected chi connectivity index (χ2v) is 5.14. The number of rotatable bonds is 3. The number of hydrogen-bond donors (Lipinski definition) is 0. The molecular formula is C11H13N3S. The van der Waals surface area contributed by atoms with E-state index in [1.165, 1.54) is 12.8 Å². The number of hydrogen-bond acceptors (Lipinski definition) is 4. The highest BCUT2D eigenvalue weighted by atomic mass is 32.2. The van der Waals surface area contributed by atoms with Gasteiger partial charge in [0.1, 0.15) is 6.07 Å². The van der Waals surface area contributed by atoms with Crippen molar-refractivity contribution in [2.24, 2.45) is 0 Å². The molecule has 0 unspecified atom stereocenters. The van der Waals surface area contributed by atoms with E-state index in [2.05, 4.69) is 11.1 Å². The van der Waals surface area contributed by atoms with Gasteiger partial charge in [-0.1, -0.05) is 0 Å². The Labute approximate surface area is 94.1 Å². The minimum Gasteiger partial charge on any atom is -0.377 e. The summed E-state index contributed by atoms with van der Waals surface area (Å²) in [7, 11) is 3.99. The van der Waals surface area contributed by atoms with Gasteiger partial charge in [0.15, 0.2) is 5.69 Å². The van der Waals surface area contributed by atoms with Gasteiger partial charge in [-0.3, -0.25) is 0 Å². The molecule has 0 aromatic carbocycles. The molecule has 2 rings (SSSR count). The first-order chi connectivity index (χ1) is 7.22. The summed E-state index contributed by atoms with van der Waals surface area (Å²) in [5.41, 5.74) is 1.65. The Bertz CT molecular complexity index is 405. The molecule has 0 amide bonds. The number of aromatic nitrogens is 1. The number of anilines is 1. The van der Waals surface area contributed by atoms with Gasteiger partial charge < -0.3 is 4.90 Å². The standard InChI is InChI=1S/C11H13N3S/c1-14(2)10-5-6-13-9(7-12)11(10)15-8-3-4-8/h5-6,8H,3-4H2,1-2H3. The Morgan fingerprint density at radius 3 is 2.80 bits per heavy atom. The van der Waals surface area contributed by atoms with Crippen molar-refractivity contribution in [3.05, 3.63) is 18.0 Å². The van der Waals surface area contributed by atoms with Crippen molar-refractivity contribution in [1.82, 2.24) is 4.98 Å². The second-order valence-electron chi connectivity index (χ2n) is 3.83. The van der Waals surface area contributed by atoms with Gasteiger partial charge in [0.2, 0.25) is 0 Å². The summed E-state index contributed by atoms with van der Waals surface area (Å²) in [5, 5.41) is 9.71. The van der Waals surface area contributed by atoms with Crippen LogP contribution in [-0.2, 0) is 0 Å². The Morgan fingerprint density at radius 1 is 1.53 bits per heavy atom. The Hall–Kier alpha value is -1.21. The van der Waals surface area contributed by atoms with Gasteiger partial charge in [0, 0.05) is 25.5 Å². The Morgan fingerprint density at radius 2 is 2.27 bits per heavy atom. The molecule has 0 spiro atoms. The molecule has 4 heteroatoms. The van der Waals surface area contributed by atoms with Crippen LogP contribution in [0, 0.1) is 11.3 Å². The van der Waals surface area contributed by atoms with Crippen molar-refractivity contribution < 1.29 is 0 Å². The number of nitriles is 1. The van der Waals surface area contributed by atoms with E-state index in [-0.39, 0.29) is 0 Å².